The van der Waals surface area contributed by atoms with Gasteiger partial charge in [0.25, 0.3) is 0 Å². The van der Waals surface area contributed by atoms with E-state index in [9.17, 15) is 0 Å². The Morgan fingerprint density at radius 1 is 1.44 bits per heavy atom. The van der Waals surface area contributed by atoms with E-state index < -0.39 is 0 Å². The summed E-state index contributed by atoms with van der Waals surface area (Å²) < 4.78 is 0. The van der Waals surface area contributed by atoms with Gasteiger partial charge in [-0.3, -0.25) is 0 Å². The summed E-state index contributed by atoms with van der Waals surface area (Å²) in [4.78, 5) is 8.26. The Balaban J connectivity index is 2.05. The maximum atomic E-state index is 5.62. The Hall–Kier alpha value is -1.32. The van der Waals surface area contributed by atoms with E-state index in [2.05, 4.69) is 29.1 Å². The summed E-state index contributed by atoms with van der Waals surface area (Å²) in [6, 6.07) is 2.46. The largest absolute Gasteiger partial charge is 0.368 e. The summed E-state index contributed by atoms with van der Waals surface area (Å²) in [7, 11) is 0. The van der Waals surface area contributed by atoms with Crippen molar-refractivity contribution in [1.82, 2.24) is 9.97 Å². The van der Waals surface area contributed by atoms with Crippen molar-refractivity contribution in [2.75, 3.05) is 11.1 Å². The van der Waals surface area contributed by atoms with Crippen molar-refractivity contribution in [2.24, 2.45) is 5.41 Å². The third kappa shape index (κ3) is 2.62. The van der Waals surface area contributed by atoms with Crippen molar-refractivity contribution in [2.45, 2.75) is 46.1 Å². The lowest BCUT2D eigenvalue weighted by Crippen LogP contribution is -2.18. The molecule has 0 bridgehead atoms. The monoisotopic (exact) mass is 220 g/mol. The van der Waals surface area contributed by atoms with Crippen LogP contribution in [0.1, 0.15) is 38.8 Å². The molecule has 0 spiro atoms. The van der Waals surface area contributed by atoms with E-state index in [1.165, 1.54) is 19.3 Å². The molecule has 0 saturated heterocycles. The van der Waals surface area contributed by atoms with E-state index in [0.29, 0.717) is 17.4 Å². The highest BCUT2D eigenvalue weighted by Gasteiger charge is 2.30. The zero-order valence-corrected chi connectivity index (χ0v) is 10.2. The number of aromatic nitrogens is 2. The average Bonchev–Trinajstić information content (AvgIpc) is 2.43. The molecule has 1 aliphatic carbocycles. The van der Waals surface area contributed by atoms with Gasteiger partial charge in [0.05, 0.1) is 0 Å². The molecule has 16 heavy (non-hydrogen) atoms. The van der Waals surface area contributed by atoms with Crippen molar-refractivity contribution in [1.29, 1.82) is 0 Å². The molecular formula is C12H20N4. The predicted molar refractivity (Wildman–Crippen MR) is 66.2 cm³/mol. The fourth-order valence-electron chi connectivity index (χ4n) is 2.43. The normalized spacial score (nSPS) is 23.3. The zero-order chi connectivity index (χ0) is 11.8. The predicted octanol–water partition coefficient (Wildman–Crippen LogP) is 2.36. The molecule has 1 aromatic heterocycles. The summed E-state index contributed by atoms with van der Waals surface area (Å²) in [5, 5.41) is 3.45. The van der Waals surface area contributed by atoms with Gasteiger partial charge >= 0.3 is 0 Å². The quantitative estimate of drug-likeness (QED) is 0.803. The van der Waals surface area contributed by atoms with Crippen LogP contribution in [0.3, 0.4) is 0 Å². The molecule has 4 heteroatoms. The second kappa shape index (κ2) is 3.92. The fraction of sp³-hybridized carbons (Fsp3) is 0.667. The highest BCUT2D eigenvalue weighted by Crippen LogP contribution is 2.38. The summed E-state index contributed by atoms with van der Waals surface area (Å²) >= 11 is 0. The molecule has 0 aliphatic heterocycles. The second-order valence-corrected chi connectivity index (χ2v) is 5.50. The van der Waals surface area contributed by atoms with E-state index in [1.807, 2.05) is 13.0 Å². The van der Waals surface area contributed by atoms with Gasteiger partial charge < -0.3 is 11.1 Å². The Kier molecular flexibility index (Phi) is 2.74. The average molecular weight is 220 g/mol. The van der Waals surface area contributed by atoms with Crippen LogP contribution >= 0.6 is 0 Å². The minimum atomic E-state index is 0.347. The molecule has 1 saturated carbocycles. The summed E-state index contributed by atoms with van der Waals surface area (Å²) in [5.74, 6) is 1.20. The Morgan fingerprint density at radius 3 is 2.75 bits per heavy atom. The third-order valence-corrected chi connectivity index (χ3v) is 3.19. The second-order valence-electron chi connectivity index (χ2n) is 5.50. The summed E-state index contributed by atoms with van der Waals surface area (Å²) in [6.07, 6.45) is 3.66. The maximum absolute atomic E-state index is 5.62. The first-order valence-corrected chi connectivity index (χ1v) is 5.82. The van der Waals surface area contributed by atoms with E-state index in [0.717, 1.165) is 11.5 Å². The Labute approximate surface area is 96.7 Å². The molecule has 4 nitrogen and oxygen atoms in total. The molecule has 1 heterocycles. The number of nitrogens with two attached hydrogens (primary N) is 1. The van der Waals surface area contributed by atoms with Gasteiger partial charge in [-0.1, -0.05) is 13.8 Å². The first kappa shape index (κ1) is 11.2. The van der Waals surface area contributed by atoms with Gasteiger partial charge in [-0.15, -0.1) is 0 Å². The molecule has 0 amide bonds. The van der Waals surface area contributed by atoms with Crippen LogP contribution in [0.4, 0.5) is 11.8 Å². The van der Waals surface area contributed by atoms with Crippen LogP contribution in [0.2, 0.25) is 0 Å². The Bertz CT molecular complexity index is 366. The molecule has 1 aliphatic rings. The molecule has 1 aromatic rings. The summed E-state index contributed by atoms with van der Waals surface area (Å²) in [5.41, 5.74) is 6.98. The van der Waals surface area contributed by atoms with Gasteiger partial charge in [0.15, 0.2) is 0 Å². The highest BCUT2D eigenvalue weighted by atomic mass is 15.1. The van der Waals surface area contributed by atoms with Crippen LogP contribution in [0.15, 0.2) is 6.07 Å². The molecule has 1 atom stereocenters. The van der Waals surface area contributed by atoms with Crippen LogP contribution in [-0.4, -0.2) is 16.0 Å². The highest BCUT2D eigenvalue weighted by molar-refractivity contribution is 5.41. The first-order chi connectivity index (χ1) is 7.44. The number of nitrogen functional groups attached to an aromatic ring is 1. The smallest absolute Gasteiger partial charge is 0.222 e. The number of nitrogens with zero attached hydrogens (tertiary/aromatic N) is 2. The molecular weight excluding hydrogens is 200 g/mol. The Morgan fingerprint density at radius 2 is 2.19 bits per heavy atom. The van der Waals surface area contributed by atoms with Gasteiger partial charge in [0.2, 0.25) is 5.95 Å². The van der Waals surface area contributed by atoms with Crippen LogP contribution in [0, 0.1) is 12.3 Å². The minimum absolute atomic E-state index is 0.347. The van der Waals surface area contributed by atoms with Crippen molar-refractivity contribution in [3.8, 4) is 0 Å². The van der Waals surface area contributed by atoms with Crippen molar-refractivity contribution in [3.63, 3.8) is 0 Å². The molecule has 2 rings (SSSR count). The lowest BCUT2D eigenvalue weighted by atomic mass is 9.92. The number of rotatable bonds is 2. The first-order valence-electron chi connectivity index (χ1n) is 5.82. The van der Waals surface area contributed by atoms with E-state index in [4.69, 9.17) is 5.73 Å². The van der Waals surface area contributed by atoms with E-state index >= 15 is 0 Å². The van der Waals surface area contributed by atoms with Crippen LogP contribution in [-0.2, 0) is 0 Å². The van der Waals surface area contributed by atoms with E-state index in [-0.39, 0.29) is 0 Å². The fourth-order valence-corrected chi connectivity index (χ4v) is 2.43. The number of hydrogen-bond acceptors (Lipinski definition) is 4. The van der Waals surface area contributed by atoms with Crippen molar-refractivity contribution in [3.05, 3.63) is 11.8 Å². The minimum Gasteiger partial charge on any atom is -0.368 e. The molecule has 0 radical (unpaired) electrons. The van der Waals surface area contributed by atoms with Crippen LogP contribution in [0.5, 0.6) is 0 Å². The molecule has 88 valence electrons. The molecule has 3 N–H and O–H groups in total. The number of hydrogen-bond donors (Lipinski definition) is 2. The molecule has 0 aromatic carbocycles. The lowest BCUT2D eigenvalue weighted by molar-refractivity contribution is 0.378. The van der Waals surface area contributed by atoms with E-state index in [1.54, 1.807) is 0 Å². The lowest BCUT2D eigenvalue weighted by Gasteiger charge is -2.18. The molecule has 1 unspecified atom stereocenters. The summed E-state index contributed by atoms with van der Waals surface area (Å²) in [6.45, 7) is 6.56. The number of nitrogens with one attached hydrogen (secondary N) is 1. The number of anilines is 2. The van der Waals surface area contributed by atoms with Crippen LogP contribution < -0.4 is 11.1 Å². The maximum Gasteiger partial charge on any atom is 0.222 e. The van der Waals surface area contributed by atoms with Gasteiger partial charge in [-0.25, -0.2) is 4.98 Å². The van der Waals surface area contributed by atoms with Crippen molar-refractivity contribution >= 4 is 11.8 Å². The topological polar surface area (TPSA) is 63.8 Å². The van der Waals surface area contributed by atoms with Crippen molar-refractivity contribution < 1.29 is 0 Å². The van der Waals surface area contributed by atoms with Gasteiger partial charge in [0.1, 0.15) is 5.82 Å². The molecule has 1 fully saturated rings. The van der Waals surface area contributed by atoms with Gasteiger partial charge in [0, 0.05) is 17.8 Å². The third-order valence-electron chi connectivity index (χ3n) is 3.19. The van der Waals surface area contributed by atoms with Gasteiger partial charge in [-0.2, -0.15) is 4.98 Å². The number of aryl methyl sites for hydroxylation is 1. The zero-order valence-electron chi connectivity index (χ0n) is 10.2. The van der Waals surface area contributed by atoms with Crippen LogP contribution in [0.25, 0.3) is 0 Å². The standard InChI is InChI=1S/C12H20N4/c1-8-6-10(16-11(13)14-8)15-9-4-5-12(2,3)7-9/h6,9H,4-5,7H2,1-3H3,(H3,13,14,15,16). The van der Waals surface area contributed by atoms with Gasteiger partial charge in [-0.05, 0) is 31.6 Å². The SMILES string of the molecule is Cc1cc(NC2CCC(C)(C)C2)nc(N)n1.